The Hall–Kier alpha value is -1.85. The predicted molar refractivity (Wildman–Crippen MR) is 97.6 cm³/mol. The van der Waals surface area contributed by atoms with Crippen LogP contribution in [-0.2, 0) is 4.79 Å². The maximum absolute atomic E-state index is 12.2. The monoisotopic (exact) mass is 363 g/mol. The van der Waals surface area contributed by atoms with Crippen LogP contribution in [0.1, 0.15) is 12.0 Å². The van der Waals surface area contributed by atoms with Crippen LogP contribution in [0.3, 0.4) is 0 Å². The highest BCUT2D eigenvalue weighted by atomic mass is 35.5. The van der Waals surface area contributed by atoms with Crippen LogP contribution in [0, 0.1) is 6.92 Å². The number of rotatable bonds is 4. The van der Waals surface area contributed by atoms with Gasteiger partial charge in [0, 0.05) is 23.4 Å². The zero-order valence-corrected chi connectivity index (χ0v) is 14.9. The summed E-state index contributed by atoms with van der Waals surface area (Å²) in [6.45, 7) is 3.22. The number of ether oxygens (including phenoxy) is 2. The number of amides is 1. The van der Waals surface area contributed by atoms with E-state index in [9.17, 15) is 4.79 Å². The molecule has 2 aromatic rings. The first kappa shape index (κ1) is 17.0. The molecular weight excluding hydrogens is 346 g/mol. The molecule has 4 nitrogen and oxygen atoms in total. The summed E-state index contributed by atoms with van der Waals surface area (Å²) in [6.07, 6.45) is 0.821. The number of carbonyl (C=O) groups is 1. The van der Waals surface area contributed by atoms with Crippen molar-refractivity contribution < 1.29 is 14.3 Å². The van der Waals surface area contributed by atoms with Crippen molar-refractivity contribution >= 4 is 35.0 Å². The van der Waals surface area contributed by atoms with Crippen LogP contribution in [0.5, 0.6) is 11.5 Å². The van der Waals surface area contributed by atoms with Gasteiger partial charge in [-0.25, -0.2) is 0 Å². The minimum Gasteiger partial charge on any atom is -0.490 e. The van der Waals surface area contributed by atoms with Crippen LogP contribution < -0.4 is 14.8 Å². The number of thioether (sulfide) groups is 1. The van der Waals surface area contributed by atoms with Gasteiger partial charge >= 0.3 is 0 Å². The molecule has 1 aliphatic rings. The SMILES string of the molecule is Cc1ccc(SCC(=O)Nc2cc3c(cc2Cl)OCCCO3)cc1. The average Bonchev–Trinajstić information content (AvgIpc) is 2.79. The van der Waals surface area contributed by atoms with Crippen LogP contribution in [0.4, 0.5) is 5.69 Å². The molecule has 0 atom stereocenters. The van der Waals surface area contributed by atoms with Gasteiger partial charge in [-0.1, -0.05) is 29.3 Å². The van der Waals surface area contributed by atoms with Crippen molar-refractivity contribution in [2.45, 2.75) is 18.2 Å². The zero-order chi connectivity index (χ0) is 16.9. The summed E-state index contributed by atoms with van der Waals surface area (Å²) in [4.78, 5) is 13.2. The molecule has 0 unspecified atom stereocenters. The van der Waals surface area contributed by atoms with Gasteiger partial charge in [0.2, 0.25) is 5.91 Å². The van der Waals surface area contributed by atoms with Crippen molar-refractivity contribution in [2.75, 3.05) is 24.3 Å². The second-order valence-electron chi connectivity index (χ2n) is 5.48. The molecule has 6 heteroatoms. The fourth-order valence-electron chi connectivity index (χ4n) is 2.25. The highest BCUT2D eigenvalue weighted by Crippen LogP contribution is 2.37. The molecule has 0 saturated heterocycles. The van der Waals surface area contributed by atoms with Gasteiger partial charge < -0.3 is 14.8 Å². The number of carbonyl (C=O) groups excluding carboxylic acids is 1. The van der Waals surface area contributed by atoms with Gasteiger partial charge in [-0.15, -0.1) is 11.8 Å². The molecule has 0 spiro atoms. The number of hydrogen-bond acceptors (Lipinski definition) is 4. The summed E-state index contributed by atoms with van der Waals surface area (Å²) < 4.78 is 11.2. The molecule has 3 rings (SSSR count). The molecule has 1 heterocycles. The lowest BCUT2D eigenvalue weighted by Gasteiger charge is -2.12. The Balaban J connectivity index is 1.63. The van der Waals surface area contributed by atoms with Crippen molar-refractivity contribution in [2.24, 2.45) is 0 Å². The second-order valence-corrected chi connectivity index (χ2v) is 6.94. The number of nitrogens with one attached hydrogen (secondary N) is 1. The lowest BCUT2D eigenvalue weighted by Crippen LogP contribution is -2.14. The highest BCUT2D eigenvalue weighted by Gasteiger charge is 2.15. The van der Waals surface area contributed by atoms with Crippen LogP contribution >= 0.6 is 23.4 Å². The van der Waals surface area contributed by atoms with E-state index < -0.39 is 0 Å². The maximum Gasteiger partial charge on any atom is 0.234 e. The molecule has 1 amide bonds. The third kappa shape index (κ3) is 4.36. The maximum atomic E-state index is 12.2. The lowest BCUT2D eigenvalue weighted by atomic mass is 10.2. The average molecular weight is 364 g/mol. The van der Waals surface area contributed by atoms with Crippen molar-refractivity contribution in [1.29, 1.82) is 0 Å². The number of halogens is 1. The molecule has 0 bridgehead atoms. The Labute approximate surface area is 150 Å². The van der Waals surface area contributed by atoms with Gasteiger partial charge in [0.25, 0.3) is 0 Å². The van der Waals surface area contributed by atoms with E-state index in [0.717, 1.165) is 11.3 Å². The van der Waals surface area contributed by atoms with E-state index in [1.54, 1.807) is 12.1 Å². The van der Waals surface area contributed by atoms with E-state index in [2.05, 4.69) is 5.32 Å². The number of hydrogen-bond donors (Lipinski definition) is 1. The van der Waals surface area contributed by atoms with Gasteiger partial charge in [0.15, 0.2) is 11.5 Å². The Morgan fingerprint density at radius 1 is 1.17 bits per heavy atom. The Morgan fingerprint density at radius 3 is 2.54 bits per heavy atom. The summed E-state index contributed by atoms with van der Waals surface area (Å²) in [6, 6.07) is 11.5. The summed E-state index contributed by atoms with van der Waals surface area (Å²) in [7, 11) is 0. The first-order valence-electron chi connectivity index (χ1n) is 7.70. The fourth-order valence-corrected chi connectivity index (χ4v) is 3.15. The zero-order valence-electron chi connectivity index (χ0n) is 13.3. The molecule has 0 fully saturated rings. The summed E-state index contributed by atoms with van der Waals surface area (Å²) in [5.74, 6) is 1.42. The minimum absolute atomic E-state index is 0.114. The quantitative estimate of drug-likeness (QED) is 0.810. The topological polar surface area (TPSA) is 47.6 Å². The molecule has 0 aromatic heterocycles. The molecule has 0 saturated carbocycles. The van der Waals surface area contributed by atoms with E-state index in [-0.39, 0.29) is 5.91 Å². The van der Waals surface area contributed by atoms with E-state index >= 15 is 0 Å². The van der Waals surface area contributed by atoms with Crippen molar-refractivity contribution in [3.63, 3.8) is 0 Å². The van der Waals surface area contributed by atoms with Crippen molar-refractivity contribution in [3.05, 3.63) is 47.0 Å². The van der Waals surface area contributed by atoms with Gasteiger partial charge in [0.05, 0.1) is 29.7 Å². The fraction of sp³-hybridized carbons (Fsp3) is 0.278. The summed E-state index contributed by atoms with van der Waals surface area (Å²) in [5, 5.41) is 3.27. The van der Waals surface area contributed by atoms with Crippen LogP contribution in [0.2, 0.25) is 5.02 Å². The standard InChI is InChI=1S/C18H18ClNO3S/c1-12-3-5-13(6-4-12)24-11-18(21)20-15-10-17-16(9-14(15)19)22-7-2-8-23-17/h3-6,9-10H,2,7-8,11H2,1H3,(H,20,21). The third-order valence-corrected chi connectivity index (χ3v) is 4.83. The van der Waals surface area contributed by atoms with Crippen molar-refractivity contribution in [3.8, 4) is 11.5 Å². The molecule has 2 aromatic carbocycles. The summed E-state index contributed by atoms with van der Waals surface area (Å²) in [5.41, 5.74) is 1.73. The second kappa shape index (κ2) is 7.81. The summed E-state index contributed by atoms with van der Waals surface area (Å²) >= 11 is 7.72. The molecule has 0 aliphatic carbocycles. The molecule has 1 aliphatic heterocycles. The van der Waals surface area contributed by atoms with Gasteiger partial charge in [-0.2, -0.15) is 0 Å². The first-order valence-corrected chi connectivity index (χ1v) is 9.06. The number of anilines is 1. The van der Waals surface area contributed by atoms with Crippen LogP contribution in [0.15, 0.2) is 41.3 Å². The third-order valence-electron chi connectivity index (χ3n) is 3.50. The smallest absolute Gasteiger partial charge is 0.234 e. The number of benzene rings is 2. The highest BCUT2D eigenvalue weighted by molar-refractivity contribution is 8.00. The molecule has 1 N–H and O–H groups in total. The molecular formula is C18H18ClNO3S. The van der Waals surface area contributed by atoms with Gasteiger partial charge in [-0.05, 0) is 19.1 Å². The van der Waals surface area contributed by atoms with Gasteiger partial charge in [0.1, 0.15) is 0 Å². The Kier molecular flexibility index (Phi) is 5.53. The molecule has 126 valence electrons. The number of fused-ring (bicyclic) bond motifs is 1. The first-order chi connectivity index (χ1) is 11.6. The molecule has 24 heavy (non-hydrogen) atoms. The normalized spacial score (nSPS) is 13.2. The van der Waals surface area contributed by atoms with Crippen LogP contribution in [-0.4, -0.2) is 24.9 Å². The van der Waals surface area contributed by atoms with E-state index in [4.69, 9.17) is 21.1 Å². The largest absolute Gasteiger partial charge is 0.490 e. The van der Waals surface area contributed by atoms with Crippen molar-refractivity contribution in [1.82, 2.24) is 0 Å². The van der Waals surface area contributed by atoms with E-state index in [1.807, 2.05) is 31.2 Å². The van der Waals surface area contributed by atoms with E-state index in [1.165, 1.54) is 17.3 Å². The minimum atomic E-state index is -0.114. The Bertz CT molecular complexity index is 734. The van der Waals surface area contributed by atoms with Crippen LogP contribution in [0.25, 0.3) is 0 Å². The Morgan fingerprint density at radius 2 is 1.83 bits per heavy atom. The lowest BCUT2D eigenvalue weighted by molar-refractivity contribution is -0.113. The number of aryl methyl sites for hydroxylation is 1. The van der Waals surface area contributed by atoms with Gasteiger partial charge in [-0.3, -0.25) is 4.79 Å². The predicted octanol–water partition coefficient (Wildman–Crippen LogP) is 4.54. The molecule has 0 radical (unpaired) electrons. The van der Waals surface area contributed by atoms with E-state index in [0.29, 0.717) is 41.2 Å².